The van der Waals surface area contributed by atoms with Crippen LogP contribution in [-0.4, -0.2) is 42.7 Å². The zero-order valence-corrected chi connectivity index (χ0v) is 11.5. The minimum absolute atomic E-state index is 0.109. The van der Waals surface area contributed by atoms with E-state index in [1.54, 1.807) is 13.2 Å². The molecule has 1 N–H and O–H groups in total. The van der Waals surface area contributed by atoms with Gasteiger partial charge in [0.15, 0.2) is 0 Å². The number of ether oxygens (including phenoxy) is 2. The van der Waals surface area contributed by atoms with Crippen LogP contribution in [0.25, 0.3) is 0 Å². The monoisotopic (exact) mass is 267 g/mol. The van der Waals surface area contributed by atoms with Crippen molar-refractivity contribution in [3.05, 3.63) is 22.5 Å². The van der Waals surface area contributed by atoms with E-state index in [4.69, 9.17) is 9.47 Å². The highest BCUT2D eigenvalue weighted by Crippen LogP contribution is 2.17. The Bertz CT molecular complexity index is 455. The number of nitrogens with one attached hydrogen (secondary N) is 1. The van der Waals surface area contributed by atoms with Crippen LogP contribution in [0.4, 0.5) is 0 Å². The smallest absolute Gasteiger partial charge is 0.267 e. The van der Waals surface area contributed by atoms with Gasteiger partial charge in [-0.15, -0.1) is 5.10 Å². The van der Waals surface area contributed by atoms with Crippen LogP contribution < -0.4 is 15.6 Å². The first kappa shape index (κ1) is 14.0. The molecule has 1 aromatic rings. The van der Waals surface area contributed by atoms with Gasteiger partial charge in [0, 0.05) is 30.7 Å². The van der Waals surface area contributed by atoms with E-state index in [-0.39, 0.29) is 11.6 Å². The lowest BCUT2D eigenvalue weighted by Gasteiger charge is -2.23. The van der Waals surface area contributed by atoms with Crippen molar-refractivity contribution >= 4 is 0 Å². The second-order valence-corrected chi connectivity index (χ2v) is 4.68. The van der Waals surface area contributed by atoms with Crippen LogP contribution in [0.2, 0.25) is 0 Å². The third-order valence-electron chi connectivity index (χ3n) is 3.42. The van der Waals surface area contributed by atoms with E-state index >= 15 is 0 Å². The lowest BCUT2D eigenvalue weighted by Crippen LogP contribution is -2.42. The Morgan fingerprint density at radius 2 is 2.47 bits per heavy atom. The summed E-state index contributed by atoms with van der Waals surface area (Å²) in [6.45, 7) is 5.01. The van der Waals surface area contributed by atoms with Gasteiger partial charge in [-0.1, -0.05) is 6.92 Å². The van der Waals surface area contributed by atoms with Crippen molar-refractivity contribution in [2.24, 2.45) is 5.92 Å². The number of hydrogen-bond acceptors (Lipinski definition) is 5. The second kappa shape index (κ2) is 6.68. The fraction of sp³-hybridized carbons (Fsp3) is 0.692. The van der Waals surface area contributed by atoms with E-state index in [9.17, 15) is 4.79 Å². The highest BCUT2D eigenvalue weighted by Gasteiger charge is 2.26. The molecule has 1 aliphatic rings. The standard InChI is InChI=1S/C13H21N3O3/c1-3-14-11(10-6-7-19-9-10)8-16-13(17)5-4-12(15-16)18-2/h4-5,10-11,14H,3,6-9H2,1-2H3. The summed E-state index contributed by atoms with van der Waals surface area (Å²) in [6, 6.07) is 3.27. The van der Waals surface area contributed by atoms with Gasteiger partial charge in [0.05, 0.1) is 20.3 Å². The fourth-order valence-corrected chi connectivity index (χ4v) is 2.37. The zero-order chi connectivity index (χ0) is 13.7. The minimum atomic E-state index is -0.109. The number of rotatable bonds is 6. The average molecular weight is 267 g/mol. The third-order valence-corrected chi connectivity index (χ3v) is 3.42. The summed E-state index contributed by atoms with van der Waals surface area (Å²) < 4.78 is 11.9. The molecule has 2 atom stereocenters. The predicted molar refractivity (Wildman–Crippen MR) is 71.4 cm³/mol. The van der Waals surface area contributed by atoms with Gasteiger partial charge in [-0.3, -0.25) is 4.79 Å². The van der Waals surface area contributed by atoms with Gasteiger partial charge in [0.25, 0.3) is 5.56 Å². The predicted octanol–water partition coefficient (Wildman–Crippen LogP) is 0.266. The largest absolute Gasteiger partial charge is 0.480 e. The summed E-state index contributed by atoms with van der Waals surface area (Å²) in [4.78, 5) is 11.8. The lowest BCUT2D eigenvalue weighted by atomic mass is 9.99. The van der Waals surface area contributed by atoms with Gasteiger partial charge >= 0.3 is 0 Å². The van der Waals surface area contributed by atoms with Gasteiger partial charge in [-0.2, -0.15) is 0 Å². The highest BCUT2D eigenvalue weighted by atomic mass is 16.5. The van der Waals surface area contributed by atoms with Crippen molar-refractivity contribution in [1.29, 1.82) is 0 Å². The molecule has 0 saturated carbocycles. The molecule has 1 aliphatic heterocycles. The maximum atomic E-state index is 11.8. The maximum Gasteiger partial charge on any atom is 0.267 e. The topological polar surface area (TPSA) is 65.4 Å². The van der Waals surface area contributed by atoms with Crippen LogP contribution >= 0.6 is 0 Å². The molecule has 0 radical (unpaired) electrons. The van der Waals surface area contributed by atoms with Gasteiger partial charge in [0.1, 0.15) is 0 Å². The molecule has 0 bridgehead atoms. The van der Waals surface area contributed by atoms with Gasteiger partial charge in [-0.05, 0) is 13.0 Å². The Balaban J connectivity index is 2.13. The summed E-state index contributed by atoms with van der Waals surface area (Å²) in [6.07, 6.45) is 1.02. The van der Waals surface area contributed by atoms with Gasteiger partial charge in [-0.25, -0.2) is 4.68 Å². The molecule has 0 amide bonds. The van der Waals surface area contributed by atoms with Crippen molar-refractivity contribution in [2.45, 2.75) is 25.9 Å². The summed E-state index contributed by atoms with van der Waals surface area (Å²) in [5, 5.41) is 7.60. The SMILES string of the molecule is CCNC(Cn1nc(OC)ccc1=O)C1CCOC1. The fourth-order valence-electron chi connectivity index (χ4n) is 2.37. The molecule has 19 heavy (non-hydrogen) atoms. The van der Waals surface area contributed by atoms with Crippen LogP contribution in [0.15, 0.2) is 16.9 Å². The van der Waals surface area contributed by atoms with E-state index in [2.05, 4.69) is 17.3 Å². The highest BCUT2D eigenvalue weighted by molar-refractivity contribution is 5.06. The van der Waals surface area contributed by atoms with Crippen molar-refractivity contribution in [2.75, 3.05) is 26.9 Å². The molecule has 0 aliphatic carbocycles. The zero-order valence-electron chi connectivity index (χ0n) is 11.5. The summed E-state index contributed by atoms with van der Waals surface area (Å²) in [5.41, 5.74) is -0.109. The van der Waals surface area contributed by atoms with Crippen molar-refractivity contribution in [3.63, 3.8) is 0 Å². The van der Waals surface area contributed by atoms with E-state index < -0.39 is 0 Å². The van der Waals surface area contributed by atoms with E-state index in [0.717, 1.165) is 26.2 Å². The summed E-state index contributed by atoms with van der Waals surface area (Å²) in [5.74, 6) is 0.886. The van der Waals surface area contributed by atoms with E-state index in [0.29, 0.717) is 18.3 Å². The second-order valence-electron chi connectivity index (χ2n) is 4.68. The van der Waals surface area contributed by atoms with Crippen molar-refractivity contribution in [1.82, 2.24) is 15.1 Å². The number of aromatic nitrogens is 2. The number of methoxy groups -OCH3 is 1. The lowest BCUT2D eigenvalue weighted by molar-refractivity contribution is 0.172. The van der Waals surface area contributed by atoms with Crippen molar-refractivity contribution < 1.29 is 9.47 Å². The van der Waals surface area contributed by atoms with Crippen LogP contribution in [0, 0.1) is 5.92 Å². The Morgan fingerprint density at radius 3 is 3.11 bits per heavy atom. The Kier molecular flexibility index (Phi) is 4.93. The Hall–Kier alpha value is -1.40. The molecular formula is C13H21N3O3. The van der Waals surface area contributed by atoms with Crippen LogP contribution in [0.5, 0.6) is 5.88 Å². The number of nitrogens with zero attached hydrogens (tertiary/aromatic N) is 2. The molecule has 2 unspecified atom stereocenters. The summed E-state index contributed by atoms with van der Waals surface area (Å²) in [7, 11) is 1.55. The van der Waals surface area contributed by atoms with Crippen LogP contribution in [0.3, 0.4) is 0 Å². The van der Waals surface area contributed by atoms with Crippen LogP contribution in [-0.2, 0) is 11.3 Å². The quantitative estimate of drug-likeness (QED) is 0.801. The molecule has 106 valence electrons. The Labute approximate surface area is 112 Å². The molecule has 6 nitrogen and oxygen atoms in total. The van der Waals surface area contributed by atoms with E-state index in [1.807, 2.05) is 0 Å². The Morgan fingerprint density at radius 1 is 1.63 bits per heavy atom. The summed E-state index contributed by atoms with van der Waals surface area (Å²) >= 11 is 0. The van der Waals surface area contributed by atoms with Gasteiger partial charge < -0.3 is 14.8 Å². The average Bonchev–Trinajstić information content (AvgIpc) is 2.94. The molecule has 0 aromatic carbocycles. The normalized spacial score (nSPS) is 20.4. The number of likely N-dealkylation sites (N-methyl/N-ethyl adjacent to an activating group) is 1. The molecule has 2 heterocycles. The minimum Gasteiger partial charge on any atom is -0.480 e. The molecule has 1 aromatic heterocycles. The maximum absolute atomic E-state index is 11.8. The molecule has 1 fully saturated rings. The first-order valence-electron chi connectivity index (χ1n) is 6.68. The van der Waals surface area contributed by atoms with Crippen molar-refractivity contribution in [3.8, 4) is 5.88 Å². The first-order valence-corrected chi connectivity index (χ1v) is 6.68. The first-order chi connectivity index (χ1) is 9.24. The number of hydrogen-bond donors (Lipinski definition) is 1. The molecule has 1 saturated heterocycles. The van der Waals surface area contributed by atoms with Crippen LogP contribution in [0.1, 0.15) is 13.3 Å². The molecule has 6 heteroatoms. The molecule has 0 spiro atoms. The molecular weight excluding hydrogens is 246 g/mol. The molecule has 2 rings (SSSR count). The third kappa shape index (κ3) is 3.54. The van der Waals surface area contributed by atoms with E-state index in [1.165, 1.54) is 10.7 Å². The van der Waals surface area contributed by atoms with Gasteiger partial charge in [0.2, 0.25) is 5.88 Å².